The number of carbonyl (C=O) groups is 1. The van der Waals surface area contributed by atoms with E-state index in [2.05, 4.69) is 65.7 Å². The normalized spacial score (nSPS) is 19.7. The topological polar surface area (TPSA) is 30.0 Å². The number of aryl methyl sites for hydroxylation is 1. The number of benzene rings is 1. The van der Waals surface area contributed by atoms with Crippen LogP contribution in [0.15, 0.2) is 18.2 Å². The second-order valence-electron chi connectivity index (χ2n) is 8.35. The third kappa shape index (κ3) is 5.02. The van der Waals surface area contributed by atoms with Crippen molar-refractivity contribution in [3.05, 3.63) is 29.3 Å². The van der Waals surface area contributed by atoms with Crippen LogP contribution in [0.25, 0.3) is 0 Å². The highest BCUT2D eigenvalue weighted by Gasteiger charge is 2.24. The lowest BCUT2D eigenvalue weighted by molar-refractivity contribution is -0.131. The molecule has 0 aromatic heterocycles. The Labute approximate surface area is 164 Å². The summed E-state index contributed by atoms with van der Waals surface area (Å²) in [4.78, 5) is 22.0. The van der Waals surface area contributed by atoms with E-state index in [9.17, 15) is 4.79 Å². The van der Waals surface area contributed by atoms with Gasteiger partial charge in [-0.25, -0.2) is 0 Å². The standard InChI is InChI=1S/C22H36N4O/c1-18-6-5-7-21(19(18)2)25-14-16-26(17-15-25)22(27)10-13-24(4)20-8-11-23(3)12-9-20/h5-7,20H,8-17H2,1-4H3. The molecule has 2 aliphatic rings. The largest absolute Gasteiger partial charge is 0.368 e. The number of anilines is 1. The van der Waals surface area contributed by atoms with Gasteiger partial charge in [-0.2, -0.15) is 0 Å². The van der Waals surface area contributed by atoms with Crippen LogP contribution < -0.4 is 4.90 Å². The molecular formula is C22H36N4O. The molecule has 1 amide bonds. The van der Waals surface area contributed by atoms with Gasteiger partial charge in [0.15, 0.2) is 0 Å². The van der Waals surface area contributed by atoms with Gasteiger partial charge in [0.2, 0.25) is 5.91 Å². The van der Waals surface area contributed by atoms with Gasteiger partial charge in [0.25, 0.3) is 0 Å². The lowest BCUT2D eigenvalue weighted by atomic mass is 10.0. The van der Waals surface area contributed by atoms with E-state index in [0.717, 1.165) is 32.7 Å². The molecular weight excluding hydrogens is 336 g/mol. The summed E-state index contributed by atoms with van der Waals surface area (Å²) in [5.41, 5.74) is 4.02. The average molecular weight is 373 g/mol. The van der Waals surface area contributed by atoms with Crippen molar-refractivity contribution in [1.82, 2.24) is 14.7 Å². The van der Waals surface area contributed by atoms with Crippen LogP contribution in [0.5, 0.6) is 0 Å². The van der Waals surface area contributed by atoms with Crippen LogP contribution in [0.2, 0.25) is 0 Å². The second-order valence-corrected chi connectivity index (χ2v) is 8.35. The van der Waals surface area contributed by atoms with Gasteiger partial charge < -0.3 is 19.6 Å². The number of rotatable bonds is 5. The van der Waals surface area contributed by atoms with Crippen molar-refractivity contribution >= 4 is 11.6 Å². The predicted molar refractivity (Wildman–Crippen MR) is 112 cm³/mol. The predicted octanol–water partition coefficient (Wildman–Crippen LogP) is 2.37. The molecule has 0 radical (unpaired) electrons. The molecule has 1 aromatic carbocycles. The molecule has 2 aliphatic heterocycles. The number of nitrogens with zero attached hydrogens (tertiary/aromatic N) is 4. The summed E-state index contributed by atoms with van der Waals surface area (Å²) in [6.45, 7) is 11.1. The molecule has 0 unspecified atom stereocenters. The lowest BCUT2D eigenvalue weighted by Gasteiger charge is -2.38. The van der Waals surface area contributed by atoms with Crippen LogP contribution >= 0.6 is 0 Å². The van der Waals surface area contributed by atoms with Crippen LogP contribution in [0, 0.1) is 13.8 Å². The van der Waals surface area contributed by atoms with Gasteiger partial charge in [-0.1, -0.05) is 12.1 Å². The maximum absolute atomic E-state index is 12.7. The molecule has 0 aliphatic carbocycles. The molecule has 5 heteroatoms. The van der Waals surface area contributed by atoms with E-state index in [1.165, 1.54) is 42.7 Å². The molecule has 150 valence electrons. The first-order valence-electron chi connectivity index (χ1n) is 10.4. The van der Waals surface area contributed by atoms with Crippen LogP contribution in [0.3, 0.4) is 0 Å². The Morgan fingerprint density at radius 1 is 1.07 bits per heavy atom. The lowest BCUT2D eigenvalue weighted by Crippen LogP contribution is -2.50. The summed E-state index contributed by atoms with van der Waals surface area (Å²) >= 11 is 0. The highest BCUT2D eigenvalue weighted by Crippen LogP contribution is 2.24. The van der Waals surface area contributed by atoms with E-state index >= 15 is 0 Å². The van der Waals surface area contributed by atoms with Gasteiger partial charge in [-0.05, 0) is 71.1 Å². The van der Waals surface area contributed by atoms with E-state index in [4.69, 9.17) is 0 Å². The minimum absolute atomic E-state index is 0.315. The first-order chi connectivity index (χ1) is 13.0. The van der Waals surface area contributed by atoms with Crippen molar-refractivity contribution in [3.63, 3.8) is 0 Å². The zero-order chi connectivity index (χ0) is 19.4. The van der Waals surface area contributed by atoms with Crippen molar-refractivity contribution in [2.24, 2.45) is 0 Å². The van der Waals surface area contributed by atoms with Gasteiger partial charge >= 0.3 is 0 Å². The number of piperidine rings is 1. The highest BCUT2D eigenvalue weighted by atomic mass is 16.2. The summed E-state index contributed by atoms with van der Waals surface area (Å²) in [5.74, 6) is 0.315. The number of likely N-dealkylation sites (tertiary alicyclic amines) is 1. The highest BCUT2D eigenvalue weighted by molar-refractivity contribution is 5.76. The maximum atomic E-state index is 12.7. The Hall–Kier alpha value is -1.59. The first kappa shape index (κ1) is 20.2. The third-order valence-electron chi connectivity index (χ3n) is 6.54. The zero-order valence-electron chi connectivity index (χ0n) is 17.6. The summed E-state index contributed by atoms with van der Waals surface area (Å²) in [6, 6.07) is 7.14. The maximum Gasteiger partial charge on any atom is 0.223 e. The molecule has 1 aromatic rings. The smallest absolute Gasteiger partial charge is 0.223 e. The number of carbonyl (C=O) groups excluding carboxylic acids is 1. The van der Waals surface area contributed by atoms with Crippen LogP contribution in [-0.4, -0.2) is 86.6 Å². The van der Waals surface area contributed by atoms with E-state index < -0.39 is 0 Å². The number of amides is 1. The summed E-state index contributed by atoms with van der Waals surface area (Å²) in [5, 5.41) is 0. The van der Waals surface area contributed by atoms with Gasteiger partial charge in [0.1, 0.15) is 0 Å². The van der Waals surface area contributed by atoms with Crippen LogP contribution in [-0.2, 0) is 4.79 Å². The fraction of sp³-hybridized carbons (Fsp3) is 0.682. The van der Waals surface area contributed by atoms with Gasteiger partial charge in [-0.15, -0.1) is 0 Å². The monoisotopic (exact) mass is 372 g/mol. The van der Waals surface area contributed by atoms with Crippen molar-refractivity contribution < 1.29 is 4.79 Å². The van der Waals surface area contributed by atoms with E-state index in [-0.39, 0.29) is 0 Å². The molecule has 5 nitrogen and oxygen atoms in total. The molecule has 2 heterocycles. The Balaban J connectivity index is 1.44. The van der Waals surface area contributed by atoms with Gasteiger partial charge in [0.05, 0.1) is 0 Å². The Morgan fingerprint density at radius 2 is 1.74 bits per heavy atom. The van der Waals surface area contributed by atoms with Crippen molar-refractivity contribution in [3.8, 4) is 0 Å². The van der Waals surface area contributed by atoms with Crippen molar-refractivity contribution in [2.75, 3.05) is 64.8 Å². The quantitative estimate of drug-likeness (QED) is 0.794. The first-order valence-corrected chi connectivity index (χ1v) is 10.4. The zero-order valence-corrected chi connectivity index (χ0v) is 17.6. The summed E-state index contributed by atoms with van der Waals surface area (Å²) < 4.78 is 0. The van der Waals surface area contributed by atoms with Gasteiger partial charge in [-0.3, -0.25) is 4.79 Å². The van der Waals surface area contributed by atoms with E-state index in [0.29, 0.717) is 18.4 Å². The van der Waals surface area contributed by atoms with Crippen molar-refractivity contribution in [2.45, 2.75) is 39.2 Å². The summed E-state index contributed by atoms with van der Waals surface area (Å²) in [7, 11) is 4.37. The SMILES string of the molecule is Cc1cccc(N2CCN(C(=O)CCN(C)C3CCN(C)CC3)CC2)c1C. The summed E-state index contributed by atoms with van der Waals surface area (Å²) in [6.07, 6.45) is 3.08. The Kier molecular flexibility index (Phi) is 6.77. The molecule has 0 bridgehead atoms. The minimum atomic E-state index is 0.315. The minimum Gasteiger partial charge on any atom is -0.368 e. The Bertz CT molecular complexity index is 631. The molecule has 2 fully saturated rings. The van der Waals surface area contributed by atoms with Crippen molar-refractivity contribution in [1.29, 1.82) is 0 Å². The Morgan fingerprint density at radius 3 is 2.41 bits per heavy atom. The second kappa shape index (κ2) is 9.07. The van der Waals surface area contributed by atoms with E-state index in [1.807, 2.05) is 0 Å². The number of hydrogen-bond acceptors (Lipinski definition) is 4. The molecule has 0 saturated carbocycles. The molecule has 0 N–H and O–H groups in total. The molecule has 27 heavy (non-hydrogen) atoms. The van der Waals surface area contributed by atoms with Crippen LogP contribution in [0.1, 0.15) is 30.4 Å². The molecule has 2 saturated heterocycles. The number of piperazine rings is 1. The average Bonchev–Trinajstić information content (AvgIpc) is 2.68. The van der Waals surface area contributed by atoms with Gasteiger partial charge in [0, 0.05) is 50.9 Å². The fourth-order valence-electron chi connectivity index (χ4n) is 4.32. The molecule has 0 spiro atoms. The van der Waals surface area contributed by atoms with E-state index in [1.54, 1.807) is 0 Å². The molecule has 3 rings (SSSR count). The molecule has 0 atom stereocenters. The number of hydrogen-bond donors (Lipinski definition) is 0. The van der Waals surface area contributed by atoms with Crippen LogP contribution in [0.4, 0.5) is 5.69 Å². The third-order valence-corrected chi connectivity index (χ3v) is 6.54. The fourth-order valence-corrected chi connectivity index (χ4v) is 4.32.